The van der Waals surface area contributed by atoms with Gasteiger partial charge in [0.15, 0.2) is 0 Å². The molecular formula is C28H28F2I2N8O6. The number of anilines is 2. The van der Waals surface area contributed by atoms with Gasteiger partial charge in [-0.1, -0.05) is 10.3 Å². The lowest BCUT2D eigenvalue weighted by atomic mass is 10.2. The molecule has 244 valence electrons. The molecule has 18 heteroatoms. The molecule has 5 rings (SSSR count). The van der Waals surface area contributed by atoms with E-state index in [1.54, 1.807) is 35.1 Å². The quantitative estimate of drug-likeness (QED) is 0.103. The summed E-state index contributed by atoms with van der Waals surface area (Å²) < 4.78 is 39.9. The van der Waals surface area contributed by atoms with Crippen LogP contribution in [0.15, 0.2) is 47.7 Å². The lowest BCUT2D eigenvalue weighted by molar-refractivity contribution is 0.129. The van der Waals surface area contributed by atoms with Gasteiger partial charge in [-0.25, -0.2) is 23.1 Å². The summed E-state index contributed by atoms with van der Waals surface area (Å²) in [6.07, 6.45) is 5.38. The summed E-state index contributed by atoms with van der Waals surface area (Å²) in [6.45, 7) is 1.10. The number of aliphatic hydroxyl groups excluding tert-OH is 2. The van der Waals surface area contributed by atoms with Crippen molar-refractivity contribution in [1.29, 1.82) is 0 Å². The van der Waals surface area contributed by atoms with Crippen molar-refractivity contribution in [3.05, 3.63) is 77.5 Å². The van der Waals surface area contributed by atoms with Gasteiger partial charge < -0.3 is 19.7 Å². The SMILES string of the molecule is C#CCCO.O=C1O[C@@H](Cn2cc(CCO)nn2)CN1c1ccc(I)c(F)c1.[N-]=[N+]=NC[C@H]1CN(c2ccc(I)c(F)c2)C(=O)O1. The van der Waals surface area contributed by atoms with E-state index in [0.717, 1.165) is 0 Å². The summed E-state index contributed by atoms with van der Waals surface area (Å²) in [5.74, 6) is 1.51. The molecule has 2 saturated heterocycles. The van der Waals surface area contributed by atoms with E-state index in [0.29, 0.717) is 50.1 Å². The molecular weight excluding hydrogens is 836 g/mol. The summed E-state index contributed by atoms with van der Waals surface area (Å²) >= 11 is 3.76. The number of ether oxygens (including phenoxy) is 2. The summed E-state index contributed by atoms with van der Waals surface area (Å²) in [7, 11) is 0. The van der Waals surface area contributed by atoms with Crippen molar-refractivity contribution in [3.63, 3.8) is 0 Å². The maximum absolute atomic E-state index is 13.6. The fourth-order valence-corrected chi connectivity index (χ4v) is 4.69. The number of cyclic esters (lactones) is 2. The third-order valence-corrected chi connectivity index (χ3v) is 7.88. The van der Waals surface area contributed by atoms with E-state index in [1.807, 2.05) is 45.2 Å². The van der Waals surface area contributed by atoms with Crippen LogP contribution in [0.2, 0.25) is 0 Å². The first-order valence-electron chi connectivity index (χ1n) is 13.5. The van der Waals surface area contributed by atoms with Crippen LogP contribution in [0.5, 0.6) is 0 Å². The van der Waals surface area contributed by atoms with Crippen molar-refractivity contribution in [2.45, 2.75) is 31.6 Å². The smallest absolute Gasteiger partial charge is 0.414 e. The first-order chi connectivity index (χ1) is 22.1. The van der Waals surface area contributed by atoms with Crippen molar-refractivity contribution in [1.82, 2.24) is 15.0 Å². The van der Waals surface area contributed by atoms with E-state index in [-0.39, 0.29) is 37.9 Å². The number of amides is 2. The Kier molecular flexibility index (Phi) is 14.7. The molecule has 0 bridgehead atoms. The minimum absolute atomic E-state index is 0.00323. The topological polar surface area (TPSA) is 179 Å². The Morgan fingerprint density at radius 2 is 1.57 bits per heavy atom. The number of carbonyl (C=O) groups excluding carboxylic acids is 2. The van der Waals surface area contributed by atoms with Crippen LogP contribution in [0.4, 0.5) is 29.7 Å². The van der Waals surface area contributed by atoms with Crippen LogP contribution in [0.1, 0.15) is 12.1 Å². The second-order valence-electron chi connectivity index (χ2n) is 9.43. The Hall–Kier alpha value is -3.77. The lowest BCUT2D eigenvalue weighted by Gasteiger charge is -2.13. The number of aromatic nitrogens is 3. The van der Waals surface area contributed by atoms with Gasteiger partial charge >= 0.3 is 12.2 Å². The number of aliphatic hydroxyl groups is 2. The van der Waals surface area contributed by atoms with Crippen molar-refractivity contribution in [2.24, 2.45) is 5.11 Å². The van der Waals surface area contributed by atoms with Gasteiger partial charge in [0.25, 0.3) is 0 Å². The first-order valence-corrected chi connectivity index (χ1v) is 15.7. The predicted molar refractivity (Wildman–Crippen MR) is 179 cm³/mol. The van der Waals surface area contributed by atoms with Crippen LogP contribution in [0.25, 0.3) is 10.4 Å². The highest BCUT2D eigenvalue weighted by Crippen LogP contribution is 2.26. The average molecular weight is 864 g/mol. The van der Waals surface area contributed by atoms with Gasteiger partial charge in [-0.3, -0.25) is 9.80 Å². The number of halogens is 4. The number of nitrogens with zero attached hydrogens (tertiary/aromatic N) is 8. The zero-order valence-corrected chi connectivity index (χ0v) is 28.4. The second-order valence-corrected chi connectivity index (χ2v) is 11.8. The van der Waals surface area contributed by atoms with Gasteiger partial charge in [-0.05, 0) is 87.1 Å². The predicted octanol–water partition coefficient (Wildman–Crippen LogP) is 4.65. The number of rotatable bonds is 9. The summed E-state index contributed by atoms with van der Waals surface area (Å²) in [5.41, 5.74) is 9.77. The third-order valence-electron chi connectivity index (χ3n) is 6.13. The number of benzene rings is 2. The molecule has 1 aromatic heterocycles. The van der Waals surface area contributed by atoms with Gasteiger partial charge in [-0.15, -0.1) is 17.4 Å². The maximum atomic E-state index is 13.6. The van der Waals surface area contributed by atoms with Crippen LogP contribution in [-0.4, -0.2) is 82.4 Å². The van der Waals surface area contributed by atoms with Crippen LogP contribution < -0.4 is 9.80 Å². The van der Waals surface area contributed by atoms with Crippen LogP contribution in [-0.2, 0) is 22.4 Å². The van der Waals surface area contributed by atoms with E-state index < -0.39 is 24.4 Å². The minimum atomic E-state index is -0.561. The molecule has 14 nitrogen and oxygen atoms in total. The standard InChI is InChI=1S/C14H14FIN4O3.C10H8FIN4O2.C4H6O/c15-12-5-10(1-2-13(12)16)20-8-11(23-14(20)22)7-19-6-9(3-4-21)17-18-19;11-8-3-6(1-2-9(8)12)16-5-7(4-14-15-13)18-10(16)17;1-2-3-4-5/h1-2,5-6,11,21H,3-4,7-8H2;1-3,7H,4-5H2;1,5H,3-4H2/t11-;7-;/m00./s1. The molecule has 46 heavy (non-hydrogen) atoms. The molecule has 0 saturated carbocycles. The molecule has 2 N–H and O–H groups in total. The van der Waals surface area contributed by atoms with Gasteiger partial charge in [0, 0.05) is 37.7 Å². The molecule has 0 radical (unpaired) electrons. The molecule has 2 amide bonds. The Labute approximate surface area is 289 Å². The molecule has 2 aromatic carbocycles. The van der Waals surface area contributed by atoms with Crippen molar-refractivity contribution >= 4 is 68.7 Å². The molecule has 2 aliphatic rings. The Morgan fingerprint density at radius 1 is 1.00 bits per heavy atom. The molecule has 2 aliphatic heterocycles. The van der Waals surface area contributed by atoms with Gasteiger partial charge in [0.05, 0.1) is 49.9 Å². The molecule has 3 heterocycles. The average Bonchev–Trinajstić information content (AvgIpc) is 3.74. The highest BCUT2D eigenvalue weighted by atomic mass is 127. The van der Waals surface area contributed by atoms with Crippen LogP contribution >= 0.6 is 45.2 Å². The van der Waals surface area contributed by atoms with Gasteiger partial charge in [0.1, 0.15) is 23.8 Å². The van der Waals surface area contributed by atoms with Crippen LogP contribution in [0, 0.1) is 31.1 Å². The normalized spacial score (nSPS) is 16.7. The number of azide groups is 1. The molecule has 3 aromatic rings. The molecule has 0 spiro atoms. The van der Waals surface area contributed by atoms with Gasteiger partial charge in [0.2, 0.25) is 0 Å². The summed E-state index contributed by atoms with van der Waals surface area (Å²) in [5, 5.41) is 28.0. The fraction of sp³-hybridized carbons (Fsp3) is 0.357. The second kappa shape index (κ2) is 18.4. The Morgan fingerprint density at radius 3 is 2.04 bits per heavy atom. The van der Waals surface area contributed by atoms with E-state index in [1.165, 1.54) is 21.9 Å². The number of hydrogen-bond acceptors (Lipinski definition) is 9. The van der Waals surface area contributed by atoms with E-state index in [9.17, 15) is 18.4 Å². The Balaban J connectivity index is 0.000000224. The number of terminal acetylenes is 1. The number of carbonyl (C=O) groups is 2. The van der Waals surface area contributed by atoms with Gasteiger partial charge in [-0.2, -0.15) is 0 Å². The third kappa shape index (κ3) is 10.7. The highest BCUT2D eigenvalue weighted by molar-refractivity contribution is 14.1. The number of hydrogen-bond donors (Lipinski definition) is 2. The zero-order chi connectivity index (χ0) is 33.6. The lowest BCUT2D eigenvalue weighted by Crippen LogP contribution is -2.26. The monoisotopic (exact) mass is 864 g/mol. The highest BCUT2D eigenvalue weighted by Gasteiger charge is 2.33. The molecule has 0 aliphatic carbocycles. The van der Waals surface area contributed by atoms with E-state index in [4.69, 9.17) is 31.6 Å². The fourth-order valence-electron chi connectivity index (χ4n) is 4.02. The molecule has 0 unspecified atom stereocenters. The Bertz CT molecular complexity index is 1600. The largest absolute Gasteiger partial charge is 0.444 e. The molecule has 2 atom stereocenters. The summed E-state index contributed by atoms with van der Waals surface area (Å²) in [6, 6.07) is 9.12. The van der Waals surface area contributed by atoms with Crippen LogP contribution in [0.3, 0.4) is 0 Å². The summed E-state index contributed by atoms with van der Waals surface area (Å²) in [4.78, 5) is 28.9. The van der Waals surface area contributed by atoms with Crippen molar-refractivity contribution < 1.29 is 38.1 Å². The minimum Gasteiger partial charge on any atom is -0.444 e. The van der Waals surface area contributed by atoms with E-state index in [2.05, 4.69) is 26.3 Å². The van der Waals surface area contributed by atoms with E-state index >= 15 is 0 Å². The first kappa shape index (κ1) is 36.7. The van der Waals surface area contributed by atoms with Crippen molar-refractivity contribution in [2.75, 3.05) is 42.6 Å². The van der Waals surface area contributed by atoms with Crippen molar-refractivity contribution in [3.8, 4) is 12.3 Å². The zero-order valence-electron chi connectivity index (χ0n) is 24.0. The molecule has 2 fully saturated rings. The maximum Gasteiger partial charge on any atom is 0.414 e.